The molecule has 4 nitrogen and oxygen atoms in total. The number of hydrogen-bond acceptors (Lipinski definition) is 5. The van der Waals surface area contributed by atoms with Crippen molar-refractivity contribution >= 4 is 33.7 Å². The van der Waals surface area contributed by atoms with Crippen molar-refractivity contribution in [2.45, 2.75) is 23.6 Å². The van der Waals surface area contributed by atoms with E-state index in [0.717, 1.165) is 25.6 Å². The molecule has 0 spiro atoms. The number of aromatic hydroxyl groups is 1. The molecule has 2 rings (SSSR count). The van der Waals surface area contributed by atoms with Crippen molar-refractivity contribution in [3.05, 3.63) is 46.4 Å². The number of esters is 1. The summed E-state index contributed by atoms with van der Waals surface area (Å²) in [5.41, 5.74) is 0.997. The molecule has 0 heterocycles. The van der Waals surface area contributed by atoms with Gasteiger partial charge in [-0.2, -0.15) is 0 Å². The molecule has 6 heteroatoms. The van der Waals surface area contributed by atoms with Gasteiger partial charge in [-0.1, -0.05) is 27.7 Å². The highest BCUT2D eigenvalue weighted by atomic mass is 79.9. The molecule has 0 aliphatic rings. The van der Waals surface area contributed by atoms with E-state index in [1.54, 1.807) is 23.9 Å². The zero-order chi connectivity index (χ0) is 16.8. The first kappa shape index (κ1) is 17.7. The smallest absolute Gasteiger partial charge is 0.302 e. The minimum absolute atomic E-state index is 0.226. The van der Waals surface area contributed by atoms with Gasteiger partial charge in [-0.25, -0.2) is 0 Å². The van der Waals surface area contributed by atoms with E-state index in [-0.39, 0.29) is 18.3 Å². The van der Waals surface area contributed by atoms with E-state index < -0.39 is 0 Å². The number of ether oxygens (including phenoxy) is 2. The second-order valence-corrected chi connectivity index (χ2v) is 6.93. The van der Waals surface area contributed by atoms with E-state index in [2.05, 4.69) is 15.9 Å². The van der Waals surface area contributed by atoms with E-state index in [1.165, 1.54) is 6.92 Å². The fraction of sp³-hybridized carbons (Fsp3) is 0.235. The van der Waals surface area contributed by atoms with Crippen LogP contribution in [0.25, 0.3) is 0 Å². The Morgan fingerprint density at radius 1 is 1.17 bits per heavy atom. The zero-order valence-electron chi connectivity index (χ0n) is 12.8. The first-order valence-electron chi connectivity index (χ1n) is 6.98. The lowest BCUT2D eigenvalue weighted by Crippen LogP contribution is -2.09. The Hall–Kier alpha value is -1.66. The average Bonchev–Trinajstić information content (AvgIpc) is 2.44. The number of benzene rings is 2. The van der Waals surface area contributed by atoms with Crippen LogP contribution in [-0.2, 0) is 9.53 Å². The van der Waals surface area contributed by atoms with Crippen LogP contribution < -0.4 is 4.74 Å². The lowest BCUT2D eigenvalue weighted by Gasteiger charge is -2.11. The van der Waals surface area contributed by atoms with Crippen LogP contribution >= 0.6 is 27.7 Å². The maximum atomic E-state index is 10.7. The van der Waals surface area contributed by atoms with E-state index in [1.807, 2.05) is 31.2 Å². The van der Waals surface area contributed by atoms with Crippen molar-refractivity contribution in [2.75, 3.05) is 13.2 Å². The normalized spacial score (nSPS) is 10.4. The number of aryl methyl sites for hydroxylation is 1. The predicted octanol–water partition coefficient (Wildman–Crippen LogP) is 4.56. The molecule has 0 fully saturated rings. The van der Waals surface area contributed by atoms with Crippen LogP contribution in [0.3, 0.4) is 0 Å². The molecule has 0 atom stereocenters. The molecule has 0 aromatic heterocycles. The van der Waals surface area contributed by atoms with Crippen LogP contribution in [0.2, 0.25) is 0 Å². The van der Waals surface area contributed by atoms with Crippen molar-refractivity contribution in [2.24, 2.45) is 0 Å². The van der Waals surface area contributed by atoms with Crippen molar-refractivity contribution in [1.29, 1.82) is 0 Å². The van der Waals surface area contributed by atoms with Gasteiger partial charge in [-0.3, -0.25) is 4.79 Å². The number of phenolic OH excluding ortho intramolecular Hbond substituents is 1. The summed E-state index contributed by atoms with van der Waals surface area (Å²) in [5, 5.41) is 9.63. The molecule has 0 unspecified atom stereocenters. The van der Waals surface area contributed by atoms with Crippen LogP contribution in [0.5, 0.6) is 11.5 Å². The lowest BCUT2D eigenvalue weighted by molar-refractivity contribution is -0.141. The van der Waals surface area contributed by atoms with E-state index in [9.17, 15) is 9.90 Å². The fourth-order valence-electron chi connectivity index (χ4n) is 1.93. The fourth-order valence-corrected chi connectivity index (χ4v) is 3.57. The third-order valence-electron chi connectivity index (χ3n) is 2.88. The molecule has 0 aliphatic carbocycles. The van der Waals surface area contributed by atoms with Gasteiger partial charge in [0.2, 0.25) is 0 Å². The standard InChI is InChI=1S/C17H17BrO4S/c1-11-7-15(23-16-9-13(18)8-14(20)10-16)3-4-17(11)22-6-5-21-12(2)19/h3-4,7-10,20H,5-6H2,1-2H3. The molecule has 0 radical (unpaired) electrons. The van der Waals surface area contributed by atoms with Crippen LogP contribution in [-0.4, -0.2) is 24.3 Å². The predicted molar refractivity (Wildman–Crippen MR) is 93.2 cm³/mol. The van der Waals surface area contributed by atoms with Gasteiger partial charge in [0.25, 0.3) is 0 Å². The Bertz CT molecular complexity index is 683. The Morgan fingerprint density at radius 3 is 2.61 bits per heavy atom. The van der Waals surface area contributed by atoms with Gasteiger partial charge >= 0.3 is 5.97 Å². The van der Waals surface area contributed by atoms with Crippen LogP contribution in [0.1, 0.15) is 12.5 Å². The third-order valence-corrected chi connectivity index (χ3v) is 4.30. The molecule has 0 saturated carbocycles. The van der Waals surface area contributed by atoms with Gasteiger partial charge in [-0.15, -0.1) is 0 Å². The zero-order valence-corrected chi connectivity index (χ0v) is 15.2. The number of phenols is 1. The molecule has 122 valence electrons. The molecule has 2 aromatic carbocycles. The molecular formula is C17H17BrO4S. The summed E-state index contributed by atoms with van der Waals surface area (Å²) in [5.74, 6) is 0.678. The van der Waals surface area contributed by atoms with Gasteiger partial charge in [0.05, 0.1) is 0 Å². The molecule has 0 saturated heterocycles. The molecule has 0 amide bonds. The second kappa shape index (κ2) is 8.26. The quantitative estimate of drug-likeness (QED) is 0.572. The van der Waals surface area contributed by atoms with Crippen LogP contribution in [0.15, 0.2) is 50.7 Å². The Morgan fingerprint density at radius 2 is 1.96 bits per heavy atom. The number of hydrogen-bond donors (Lipinski definition) is 1. The summed E-state index contributed by atoms with van der Waals surface area (Å²) in [6.45, 7) is 3.90. The second-order valence-electron chi connectivity index (χ2n) is 4.86. The van der Waals surface area contributed by atoms with Crippen LogP contribution in [0.4, 0.5) is 0 Å². The average molecular weight is 397 g/mol. The van der Waals surface area contributed by atoms with Crippen LogP contribution in [0, 0.1) is 6.92 Å². The molecule has 0 aliphatic heterocycles. The molecule has 0 bridgehead atoms. The minimum atomic E-state index is -0.311. The van der Waals surface area contributed by atoms with E-state index >= 15 is 0 Å². The van der Waals surface area contributed by atoms with Crippen molar-refractivity contribution < 1.29 is 19.4 Å². The van der Waals surface area contributed by atoms with Crippen molar-refractivity contribution in [1.82, 2.24) is 0 Å². The summed E-state index contributed by atoms with van der Waals surface area (Å²) in [4.78, 5) is 12.7. The van der Waals surface area contributed by atoms with Gasteiger partial charge in [0.15, 0.2) is 0 Å². The maximum Gasteiger partial charge on any atom is 0.302 e. The lowest BCUT2D eigenvalue weighted by atomic mass is 10.2. The highest BCUT2D eigenvalue weighted by Gasteiger charge is 2.05. The first-order chi connectivity index (χ1) is 10.9. The topological polar surface area (TPSA) is 55.8 Å². The molecule has 2 aromatic rings. The van der Waals surface area contributed by atoms with Gasteiger partial charge in [0.1, 0.15) is 24.7 Å². The summed E-state index contributed by atoms with van der Waals surface area (Å²) in [7, 11) is 0. The Balaban J connectivity index is 1.99. The first-order valence-corrected chi connectivity index (χ1v) is 8.59. The number of rotatable bonds is 6. The van der Waals surface area contributed by atoms with E-state index in [0.29, 0.717) is 6.61 Å². The molecular weight excluding hydrogens is 380 g/mol. The van der Waals surface area contributed by atoms with Gasteiger partial charge in [-0.05, 0) is 48.9 Å². The summed E-state index contributed by atoms with van der Waals surface area (Å²) in [6.07, 6.45) is 0. The Labute approximate surface area is 147 Å². The summed E-state index contributed by atoms with van der Waals surface area (Å²) in [6, 6.07) is 11.2. The minimum Gasteiger partial charge on any atom is -0.508 e. The number of halogens is 1. The molecule has 1 N–H and O–H groups in total. The van der Waals surface area contributed by atoms with Crippen molar-refractivity contribution in [3.8, 4) is 11.5 Å². The SMILES string of the molecule is CC(=O)OCCOc1ccc(Sc2cc(O)cc(Br)c2)cc1C. The van der Waals surface area contributed by atoms with Crippen molar-refractivity contribution in [3.63, 3.8) is 0 Å². The highest BCUT2D eigenvalue weighted by Crippen LogP contribution is 2.34. The summed E-state index contributed by atoms with van der Waals surface area (Å²) >= 11 is 4.92. The highest BCUT2D eigenvalue weighted by molar-refractivity contribution is 9.10. The number of carbonyl (C=O) groups is 1. The molecule has 23 heavy (non-hydrogen) atoms. The maximum absolute atomic E-state index is 10.7. The third kappa shape index (κ3) is 5.80. The van der Waals surface area contributed by atoms with Gasteiger partial charge < -0.3 is 14.6 Å². The largest absolute Gasteiger partial charge is 0.508 e. The van der Waals surface area contributed by atoms with E-state index in [4.69, 9.17) is 9.47 Å². The summed E-state index contributed by atoms with van der Waals surface area (Å²) < 4.78 is 11.3. The number of carbonyl (C=O) groups excluding carboxylic acids is 1. The Kier molecular flexibility index (Phi) is 6.36. The monoisotopic (exact) mass is 396 g/mol. The van der Waals surface area contributed by atoms with Gasteiger partial charge in [0, 0.05) is 21.2 Å².